The highest BCUT2D eigenvalue weighted by Gasteiger charge is 2.00. The van der Waals surface area contributed by atoms with Crippen molar-refractivity contribution >= 4 is 17.7 Å². The molecular weight excluding hydrogens is 264 g/mol. The van der Waals surface area contributed by atoms with Gasteiger partial charge in [0.25, 0.3) is 0 Å². The summed E-state index contributed by atoms with van der Waals surface area (Å²) in [5, 5.41) is 11.7. The summed E-state index contributed by atoms with van der Waals surface area (Å²) in [7, 11) is 1.59. The molecule has 4 heteroatoms. The molecule has 0 aliphatic rings. The van der Waals surface area contributed by atoms with E-state index in [2.05, 4.69) is 11.4 Å². The zero-order chi connectivity index (χ0) is 15.1. The maximum absolute atomic E-state index is 11.8. The van der Waals surface area contributed by atoms with Gasteiger partial charge in [-0.05, 0) is 42.0 Å². The number of anilines is 1. The van der Waals surface area contributed by atoms with Gasteiger partial charge in [0.2, 0.25) is 5.91 Å². The number of ether oxygens (including phenoxy) is 1. The van der Waals surface area contributed by atoms with E-state index in [1.807, 2.05) is 6.07 Å². The first-order chi connectivity index (χ1) is 10.2. The predicted molar refractivity (Wildman–Crippen MR) is 81.8 cm³/mol. The Balaban J connectivity index is 2.04. The minimum absolute atomic E-state index is 0.257. The van der Waals surface area contributed by atoms with Gasteiger partial charge in [-0.2, -0.15) is 5.26 Å². The summed E-state index contributed by atoms with van der Waals surface area (Å²) in [6.45, 7) is 0. The number of carbonyl (C=O) groups excluding carboxylic acids is 1. The normalized spacial score (nSPS) is 10.1. The summed E-state index contributed by atoms with van der Waals surface area (Å²) >= 11 is 0. The molecule has 1 N–H and O–H groups in total. The van der Waals surface area contributed by atoms with E-state index >= 15 is 0 Å². The Morgan fingerprint density at radius 3 is 2.57 bits per heavy atom. The average molecular weight is 278 g/mol. The van der Waals surface area contributed by atoms with Crippen LogP contribution in [0.25, 0.3) is 6.08 Å². The zero-order valence-electron chi connectivity index (χ0n) is 11.5. The van der Waals surface area contributed by atoms with Gasteiger partial charge in [0.1, 0.15) is 5.75 Å². The van der Waals surface area contributed by atoms with Crippen LogP contribution in [0, 0.1) is 11.3 Å². The smallest absolute Gasteiger partial charge is 0.248 e. The van der Waals surface area contributed by atoms with Crippen molar-refractivity contribution in [1.82, 2.24) is 0 Å². The quantitative estimate of drug-likeness (QED) is 0.873. The highest BCUT2D eigenvalue weighted by Crippen LogP contribution is 2.15. The van der Waals surface area contributed by atoms with E-state index in [-0.39, 0.29) is 5.91 Å². The van der Waals surface area contributed by atoms with Crippen LogP contribution in [0.5, 0.6) is 5.75 Å². The fourth-order valence-electron chi connectivity index (χ4n) is 1.77. The number of benzene rings is 2. The molecule has 2 aromatic rings. The number of nitrogens with zero attached hydrogens (tertiary/aromatic N) is 1. The number of hydrogen-bond acceptors (Lipinski definition) is 3. The van der Waals surface area contributed by atoms with Crippen molar-refractivity contribution in [2.24, 2.45) is 0 Å². The van der Waals surface area contributed by atoms with Crippen LogP contribution in [0.3, 0.4) is 0 Å². The predicted octanol–water partition coefficient (Wildman–Crippen LogP) is 3.22. The Morgan fingerprint density at radius 1 is 1.19 bits per heavy atom. The second-order valence-corrected chi connectivity index (χ2v) is 4.25. The largest absolute Gasteiger partial charge is 0.497 e. The molecule has 2 rings (SSSR count). The topological polar surface area (TPSA) is 62.1 Å². The van der Waals surface area contributed by atoms with Crippen LogP contribution in [0.15, 0.2) is 54.6 Å². The Kier molecular flexibility index (Phi) is 4.73. The number of rotatable bonds is 4. The van der Waals surface area contributed by atoms with Gasteiger partial charge >= 0.3 is 0 Å². The van der Waals surface area contributed by atoms with Crippen molar-refractivity contribution in [3.63, 3.8) is 0 Å². The highest BCUT2D eigenvalue weighted by atomic mass is 16.5. The van der Waals surface area contributed by atoms with E-state index in [0.29, 0.717) is 16.8 Å². The monoisotopic (exact) mass is 278 g/mol. The van der Waals surface area contributed by atoms with Gasteiger partial charge in [0.05, 0.1) is 18.7 Å². The Morgan fingerprint density at radius 2 is 1.90 bits per heavy atom. The molecule has 0 heterocycles. The van der Waals surface area contributed by atoms with E-state index in [0.717, 1.165) is 5.75 Å². The summed E-state index contributed by atoms with van der Waals surface area (Å²) in [5.74, 6) is 0.472. The third-order valence-corrected chi connectivity index (χ3v) is 2.85. The van der Waals surface area contributed by atoms with E-state index in [9.17, 15) is 4.79 Å². The third-order valence-electron chi connectivity index (χ3n) is 2.85. The van der Waals surface area contributed by atoms with Crippen LogP contribution in [0.1, 0.15) is 11.1 Å². The number of carbonyl (C=O) groups is 1. The molecule has 0 saturated heterocycles. The second-order valence-electron chi connectivity index (χ2n) is 4.25. The molecule has 0 aliphatic heterocycles. The molecule has 0 radical (unpaired) electrons. The number of amides is 1. The maximum Gasteiger partial charge on any atom is 0.248 e. The molecule has 0 aliphatic carbocycles. The minimum atomic E-state index is -0.257. The number of nitriles is 1. The number of nitrogens with one attached hydrogen (secondary N) is 1. The summed E-state index contributed by atoms with van der Waals surface area (Å²) in [4.78, 5) is 11.8. The molecule has 0 aromatic heterocycles. The SMILES string of the molecule is COc1ccc(NC(=O)/C=C/c2ccccc2C#N)cc1. The van der Waals surface area contributed by atoms with Crippen LogP contribution in [0.2, 0.25) is 0 Å². The molecule has 2 aromatic carbocycles. The zero-order valence-corrected chi connectivity index (χ0v) is 11.5. The van der Waals surface area contributed by atoms with Crippen molar-refractivity contribution in [2.45, 2.75) is 0 Å². The fourth-order valence-corrected chi connectivity index (χ4v) is 1.77. The van der Waals surface area contributed by atoms with Crippen LogP contribution in [0.4, 0.5) is 5.69 Å². The fraction of sp³-hybridized carbons (Fsp3) is 0.0588. The van der Waals surface area contributed by atoms with Gasteiger partial charge in [-0.15, -0.1) is 0 Å². The lowest BCUT2D eigenvalue weighted by Crippen LogP contribution is -2.07. The minimum Gasteiger partial charge on any atom is -0.497 e. The van der Waals surface area contributed by atoms with Crippen LogP contribution >= 0.6 is 0 Å². The molecule has 4 nitrogen and oxygen atoms in total. The van der Waals surface area contributed by atoms with Crippen molar-refractivity contribution < 1.29 is 9.53 Å². The Hall–Kier alpha value is -3.06. The number of methoxy groups -OCH3 is 1. The van der Waals surface area contributed by atoms with Crippen LogP contribution in [-0.2, 0) is 4.79 Å². The first kappa shape index (κ1) is 14.4. The number of hydrogen-bond donors (Lipinski definition) is 1. The molecule has 0 atom stereocenters. The van der Waals surface area contributed by atoms with Crippen molar-refractivity contribution in [1.29, 1.82) is 5.26 Å². The van der Waals surface area contributed by atoms with Gasteiger partial charge in [-0.1, -0.05) is 18.2 Å². The average Bonchev–Trinajstić information content (AvgIpc) is 2.54. The van der Waals surface area contributed by atoms with E-state index in [1.165, 1.54) is 6.08 Å². The van der Waals surface area contributed by atoms with Gasteiger partial charge in [-0.3, -0.25) is 4.79 Å². The lowest BCUT2D eigenvalue weighted by molar-refractivity contribution is -0.111. The van der Waals surface area contributed by atoms with E-state index in [1.54, 1.807) is 55.7 Å². The highest BCUT2D eigenvalue weighted by molar-refractivity contribution is 6.02. The molecule has 0 unspecified atom stereocenters. The molecule has 0 bridgehead atoms. The molecule has 1 amide bonds. The molecule has 0 saturated carbocycles. The molecule has 104 valence electrons. The summed E-state index contributed by atoms with van der Waals surface area (Å²) in [6, 6.07) is 16.2. The second kappa shape index (κ2) is 6.92. The van der Waals surface area contributed by atoms with Gasteiger partial charge in [0.15, 0.2) is 0 Å². The standard InChI is InChI=1S/C17H14N2O2/c1-21-16-9-7-15(8-10-16)19-17(20)11-6-13-4-2-3-5-14(13)12-18/h2-11H,1H3,(H,19,20)/b11-6+. The Bertz CT molecular complexity index is 697. The summed E-state index contributed by atoms with van der Waals surface area (Å²) in [5.41, 5.74) is 1.93. The summed E-state index contributed by atoms with van der Waals surface area (Å²) in [6.07, 6.45) is 3.03. The van der Waals surface area contributed by atoms with Gasteiger partial charge in [0, 0.05) is 11.8 Å². The van der Waals surface area contributed by atoms with Crippen molar-refractivity contribution in [3.8, 4) is 11.8 Å². The maximum atomic E-state index is 11.8. The van der Waals surface area contributed by atoms with Crippen LogP contribution < -0.4 is 10.1 Å². The van der Waals surface area contributed by atoms with Crippen molar-refractivity contribution in [3.05, 3.63) is 65.7 Å². The van der Waals surface area contributed by atoms with Crippen LogP contribution in [-0.4, -0.2) is 13.0 Å². The van der Waals surface area contributed by atoms with Gasteiger partial charge < -0.3 is 10.1 Å². The Labute approximate surface area is 123 Å². The lowest BCUT2D eigenvalue weighted by atomic mass is 10.1. The molecular formula is C17H14N2O2. The molecule has 0 spiro atoms. The summed E-state index contributed by atoms with van der Waals surface area (Å²) < 4.78 is 5.05. The first-order valence-electron chi connectivity index (χ1n) is 6.35. The lowest BCUT2D eigenvalue weighted by Gasteiger charge is -2.03. The van der Waals surface area contributed by atoms with E-state index < -0.39 is 0 Å². The van der Waals surface area contributed by atoms with Gasteiger partial charge in [-0.25, -0.2) is 0 Å². The molecule has 0 fully saturated rings. The third kappa shape index (κ3) is 3.95. The molecule has 21 heavy (non-hydrogen) atoms. The van der Waals surface area contributed by atoms with Crippen molar-refractivity contribution in [2.75, 3.05) is 12.4 Å². The van der Waals surface area contributed by atoms with E-state index in [4.69, 9.17) is 10.00 Å². The first-order valence-corrected chi connectivity index (χ1v) is 6.35.